The van der Waals surface area contributed by atoms with E-state index in [0.717, 1.165) is 12.0 Å². The normalized spacial score (nSPS) is 18.2. The minimum atomic E-state index is -0.987. The third kappa shape index (κ3) is 3.25. The molecule has 0 aromatic heterocycles. The fourth-order valence-electron chi connectivity index (χ4n) is 3.43. The van der Waals surface area contributed by atoms with Gasteiger partial charge in [0.05, 0.1) is 12.8 Å². The van der Waals surface area contributed by atoms with E-state index in [-0.39, 0.29) is 5.91 Å². The smallest absolute Gasteiger partial charge is 0.350 e. The van der Waals surface area contributed by atoms with Crippen LogP contribution in [0, 0.1) is 0 Å². The first kappa shape index (κ1) is 18.8. The fourth-order valence-corrected chi connectivity index (χ4v) is 3.79. The molecular formula is C21H17Cl2NO4. The third-order valence-corrected chi connectivity index (χ3v) is 5.53. The molecule has 2 aromatic rings. The highest BCUT2D eigenvalue weighted by atomic mass is 35.5. The fraction of sp³-hybridized carbons (Fsp3) is 0.238. The number of nitrogens with one attached hydrogen (secondary N) is 1. The molecule has 1 fully saturated rings. The second kappa shape index (κ2) is 7.15. The summed E-state index contributed by atoms with van der Waals surface area (Å²) in [6.07, 6.45) is 3.76. The lowest BCUT2D eigenvalue weighted by Crippen LogP contribution is -2.51. The van der Waals surface area contributed by atoms with Crippen LogP contribution in [-0.2, 0) is 14.3 Å². The summed E-state index contributed by atoms with van der Waals surface area (Å²) in [6, 6.07) is 10.3. The number of fused-ring (bicyclic) bond motifs is 1. The van der Waals surface area contributed by atoms with Crippen LogP contribution in [-0.4, -0.2) is 24.6 Å². The molecule has 1 saturated carbocycles. The molecule has 0 unspecified atom stereocenters. The van der Waals surface area contributed by atoms with Gasteiger partial charge in [-0.1, -0.05) is 29.3 Å². The zero-order valence-electron chi connectivity index (χ0n) is 15.1. The zero-order valence-corrected chi connectivity index (χ0v) is 16.6. The maximum absolute atomic E-state index is 12.5. The number of hydrogen-bond acceptors (Lipinski definition) is 4. The lowest BCUT2D eigenvalue weighted by Gasteiger charge is -2.39. The number of carbonyl (C=O) groups excluding carboxylic acids is 2. The number of benzene rings is 2. The van der Waals surface area contributed by atoms with E-state index in [1.54, 1.807) is 42.5 Å². The van der Waals surface area contributed by atoms with Crippen molar-refractivity contribution in [3.63, 3.8) is 0 Å². The van der Waals surface area contributed by atoms with Crippen molar-refractivity contribution in [1.29, 1.82) is 0 Å². The van der Waals surface area contributed by atoms with Crippen LogP contribution in [0.3, 0.4) is 0 Å². The predicted molar refractivity (Wildman–Crippen MR) is 109 cm³/mol. The van der Waals surface area contributed by atoms with E-state index >= 15 is 0 Å². The minimum absolute atomic E-state index is 0.241. The quantitative estimate of drug-likeness (QED) is 0.563. The molecule has 1 aliphatic heterocycles. The van der Waals surface area contributed by atoms with Gasteiger partial charge in [0.25, 0.3) is 5.91 Å². The van der Waals surface area contributed by atoms with Gasteiger partial charge in [-0.15, -0.1) is 0 Å². The van der Waals surface area contributed by atoms with E-state index in [9.17, 15) is 9.59 Å². The average Bonchev–Trinajstić information content (AvgIpc) is 2.93. The van der Waals surface area contributed by atoms with Crippen molar-refractivity contribution in [3.05, 3.63) is 57.6 Å². The Hall–Kier alpha value is -2.50. The van der Waals surface area contributed by atoms with Crippen LogP contribution < -0.4 is 10.1 Å². The molecule has 0 saturated heterocycles. The third-order valence-electron chi connectivity index (χ3n) is 5.06. The van der Waals surface area contributed by atoms with Gasteiger partial charge in [0.15, 0.2) is 0 Å². The van der Waals surface area contributed by atoms with Crippen molar-refractivity contribution in [2.24, 2.45) is 0 Å². The number of esters is 1. The Morgan fingerprint density at radius 2 is 1.86 bits per heavy atom. The summed E-state index contributed by atoms with van der Waals surface area (Å²) in [5.74, 6) is -0.169. The van der Waals surface area contributed by atoms with Crippen LogP contribution in [0.1, 0.15) is 30.4 Å². The number of methoxy groups -OCH3 is 1. The largest absolute Gasteiger partial charge is 0.475 e. The van der Waals surface area contributed by atoms with E-state index in [4.69, 9.17) is 32.7 Å². The van der Waals surface area contributed by atoms with Gasteiger partial charge >= 0.3 is 5.97 Å². The first-order valence-electron chi connectivity index (χ1n) is 8.82. The summed E-state index contributed by atoms with van der Waals surface area (Å²) in [5, 5.41) is 3.84. The number of hydrogen-bond donors (Lipinski definition) is 1. The molecule has 4 rings (SSSR count). The average molecular weight is 418 g/mol. The molecule has 144 valence electrons. The standard InChI is InChI=1S/C21H17Cl2NO4/c1-27-20(26)21(7-2-8-21)28-18-6-4-13(22)9-12(18)10-16-15-5-3-14(23)11-17(15)24-19(16)25/h3-6,9-11H,2,7-8H2,1H3,(H,24,25)/b16-10+. The maximum atomic E-state index is 12.5. The Bertz CT molecular complexity index is 1010. The lowest BCUT2D eigenvalue weighted by atomic mass is 9.80. The van der Waals surface area contributed by atoms with Gasteiger partial charge in [-0.25, -0.2) is 4.79 Å². The van der Waals surface area contributed by atoms with Crippen molar-refractivity contribution in [3.8, 4) is 5.75 Å². The summed E-state index contributed by atoms with van der Waals surface area (Å²) in [7, 11) is 1.35. The Kier molecular flexibility index (Phi) is 4.81. The summed E-state index contributed by atoms with van der Waals surface area (Å²) in [5.41, 5.74) is 1.49. The molecular weight excluding hydrogens is 401 g/mol. The summed E-state index contributed by atoms with van der Waals surface area (Å²) in [4.78, 5) is 24.7. The molecule has 0 radical (unpaired) electrons. The Morgan fingerprint density at radius 1 is 1.14 bits per heavy atom. The molecule has 7 heteroatoms. The van der Waals surface area contributed by atoms with Crippen molar-refractivity contribution in [2.75, 3.05) is 12.4 Å². The highest BCUT2D eigenvalue weighted by Gasteiger charge is 2.48. The Balaban J connectivity index is 1.75. The van der Waals surface area contributed by atoms with Crippen LogP contribution in [0.4, 0.5) is 5.69 Å². The van der Waals surface area contributed by atoms with Gasteiger partial charge in [-0.3, -0.25) is 4.79 Å². The van der Waals surface area contributed by atoms with Crippen LogP contribution in [0.25, 0.3) is 11.6 Å². The zero-order chi connectivity index (χ0) is 19.9. The Morgan fingerprint density at radius 3 is 2.54 bits per heavy atom. The highest BCUT2D eigenvalue weighted by Crippen LogP contribution is 2.41. The van der Waals surface area contributed by atoms with E-state index in [2.05, 4.69) is 5.32 Å². The SMILES string of the molecule is COC(=O)C1(Oc2ccc(Cl)cc2/C=C2/C(=O)Nc3cc(Cl)ccc32)CCC1. The monoisotopic (exact) mass is 417 g/mol. The molecule has 0 bridgehead atoms. The van der Waals surface area contributed by atoms with E-state index < -0.39 is 11.6 Å². The van der Waals surface area contributed by atoms with Gasteiger partial charge in [-0.2, -0.15) is 0 Å². The van der Waals surface area contributed by atoms with E-state index in [1.807, 2.05) is 0 Å². The number of carbonyl (C=O) groups is 2. The van der Waals surface area contributed by atoms with Crippen molar-refractivity contribution >= 4 is 52.4 Å². The summed E-state index contributed by atoms with van der Waals surface area (Å²) in [6.45, 7) is 0. The molecule has 1 N–H and O–H groups in total. The number of halogens is 2. The molecule has 0 spiro atoms. The van der Waals surface area contributed by atoms with Gasteiger partial charge in [0.2, 0.25) is 5.60 Å². The molecule has 1 aliphatic carbocycles. The van der Waals surface area contributed by atoms with Crippen molar-refractivity contribution in [1.82, 2.24) is 0 Å². The number of amides is 1. The van der Waals surface area contributed by atoms with Crippen LogP contribution in [0.5, 0.6) is 5.75 Å². The first-order chi connectivity index (χ1) is 13.4. The molecule has 2 aromatic carbocycles. The lowest BCUT2D eigenvalue weighted by molar-refractivity contribution is -0.167. The van der Waals surface area contributed by atoms with Gasteiger partial charge < -0.3 is 14.8 Å². The molecule has 0 atom stereocenters. The van der Waals surface area contributed by atoms with Crippen LogP contribution >= 0.6 is 23.2 Å². The second-order valence-electron chi connectivity index (χ2n) is 6.83. The van der Waals surface area contributed by atoms with Gasteiger partial charge in [0, 0.05) is 26.7 Å². The molecule has 1 heterocycles. The molecule has 28 heavy (non-hydrogen) atoms. The van der Waals surface area contributed by atoms with Gasteiger partial charge in [-0.05, 0) is 55.7 Å². The van der Waals surface area contributed by atoms with Crippen LogP contribution in [0.15, 0.2) is 36.4 Å². The van der Waals surface area contributed by atoms with Gasteiger partial charge in [0.1, 0.15) is 5.75 Å². The van der Waals surface area contributed by atoms with Crippen molar-refractivity contribution < 1.29 is 19.1 Å². The number of rotatable bonds is 4. The molecule has 2 aliphatic rings. The Labute approximate surface area is 172 Å². The first-order valence-corrected chi connectivity index (χ1v) is 9.57. The number of anilines is 1. The number of ether oxygens (including phenoxy) is 2. The van der Waals surface area contributed by atoms with Crippen molar-refractivity contribution in [2.45, 2.75) is 24.9 Å². The topological polar surface area (TPSA) is 64.6 Å². The summed E-state index contributed by atoms with van der Waals surface area (Å²) >= 11 is 12.2. The van der Waals surface area contributed by atoms with E-state index in [0.29, 0.717) is 45.5 Å². The second-order valence-corrected chi connectivity index (χ2v) is 7.70. The maximum Gasteiger partial charge on any atom is 0.350 e. The summed E-state index contributed by atoms with van der Waals surface area (Å²) < 4.78 is 11.0. The highest BCUT2D eigenvalue weighted by molar-refractivity contribution is 6.37. The predicted octanol–water partition coefficient (Wildman–Crippen LogP) is 4.96. The molecule has 5 nitrogen and oxygen atoms in total. The van der Waals surface area contributed by atoms with Crippen LogP contribution in [0.2, 0.25) is 10.0 Å². The molecule has 1 amide bonds. The van der Waals surface area contributed by atoms with E-state index in [1.165, 1.54) is 7.11 Å². The minimum Gasteiger partial charge on any atom is -0.475 e.